The first kappa shape index (κ1) is 10.2. The van der Waals surface area contributed by atoms with Gasteiger partial charge in [-0.2, -0.15) is 0 Å². The fourth-order valence-corrected chi connectivity index (χ4v) is 0.817. The monoisotopic (exact) mass is 152 g/mol. The highest BCUT2D eigenvalue weighted by molar-refractivity contribution is 5.18. The minimum absolute atomic E-state index is 0.0282. The second-order valence-electron chi connectivity index (χ2n) is 2.82. The normalized spacial score (nSPS) is 11.9. The van der Waals surface area contributed by atoms with Crippen LogP contribution in [0.3, 0.4) is 0 Å². The minimum Gasteiger partial charge on any atom is -0.392 e. The van der Waals surface area contributed by atoms with E-state index in [1.54, 1.807) is 6.08 Å². The summed E-state index contributed by atoms with van der Waals surface area (Å²) >= 11 is 0. The minimum atomic E-state index is 0.0282. The van der Waals surface area contributed by atoms with E-state index >= 15 is 0 Å². The maximum atomic E-state index is 8.77. The molecule has 0 aliphatic heterocycles. The van der Waals surface area contributed by atoms with Crippen molar-refractivity contribution in [3.8, 4) is 0 Å². The van der Waals surface area contributed by atoms with Gasteiger partial charge in [-0.25, -0.2) is 0 Å². The van der Waals surface area contributed by atoms with Crippen LogP contribution in [0.1, 0.15) is 13.8 Å². The molecular formula is C10H16O. The van der Waals surface area contributed by atoms with E-state index in [0.717, 1.165) is 5.57 Å². The molecule has 0 spiro atoms. The molecule has 0 aliphatic rings. The highest BCUT2D eigenvalue weighted by Gasteiger charge is 2.02. The van der Waals surface area contributed by atoms with Crippen molar-refractivity contribution >= 4 is 0 Å². The Kier molecular flexibility index (Phi) is 4.55. The summed E-state index contributed by atoms with van der Waals surface area (Å²) in [5.74, 6) is 0.116. The highest BCUT2D eigenvalue weighted by atomic mass is 16.3. The Bertz CT molecular complexity index is 173. The van der Waals surface area contributed by atoms with Crippen LogP contribution in [0.5, 0.6) is 0 Å². The third-order valence-corrected chi connectivity index (χ3v) is 1.44. The first-order chi connectivity index (χ1) is 5.11. The fraction of sp³-hybridized carbons (Fsp3) is 0.400. The molecule has 0 aromatic rings. The van der Waals surface area contributed by atoms with Gasteiger partial charge in [0.05, 0.1) is 6.61 Å². The van der Waals surface area contributed by atoms with E-state index in [1.165, 1.54) is 5.57 Å². The number of aliphatic hydroxyl groups is 1. The lowest BCUT2D eigenvalue weighted by Crippen LogP contribution is -2.00. The zero-order chi connectivity index (χ0) is 8.85. The molecule has 11 heavy (non-hydrogen) atoms. The third kappa shape index (κ3) is 3.79. The Morgan fingerprint density at radius 1 is 1.55 bits per heavy atom. The summed E-state index contributed by atoms with van der Waals surface area (Å²) in [6.45, 7) is 11.5. The van der Waals surface area contributed by atoms with Crippen LogP contribution in [0, 0.1) is 5.92 Å². The highest BCUT2D eigenvalue weighted by Crippen LogP contribution is 2.13. The Labute approximate surface area is 68.7 Å². The van der Waals surface area contributed by atoms with Crippen LogP contribution in [-0.4, -0.2) is 11.7 Å². The standard InChI is InChI=1S/C10H16O/c1-5-10(6-8(2)3)9(4)7-11/h5-6,10-11H,1,4,7H2,2-3H3. The fourth-order valence-electron chi connectivity index (χ4n) is 0.817. The van der Waals surface area contributed by atoms with E-state index in [0.29, 0.717) is 0 Å². The molecule has 62 valence electrons. The molecule has 1 heteroatoms. The molecule has 0 bridgehead atoms. The van der Waals surface area contributed by atoms with Gasteiger partial charge in [0.2, 0.25) is 0 Å². The zero-order valence-electron chi connectivity index (χ0n) is 7.30. The first-order valence-electron chi connectivity index (χ1n) is 3.68. The van der Waals surface area contributed by atoms with E-state index in [1.807, 2.05) is 19.9 Å². The van der Waals surface area contributed by atoms with Gasteiger partial charge in [0.15, 0.2) is 0 Å². The quantitative estimate of drug-likeness (QED) is 0.613. The number of aliphatic hydroxyl groups excluding tert-OH is 1. The van der Waals surface area contributed by atoms with Gasteiger partial charge in [0, 0.05) is 5.92 Å². The SMILES string of the molecule is C=CC(C=C(C)C)C(=C)CO. The number of rotatable bonds is 4. The van der Waals surface area contributed by atoms with Crippen LogP contribution in [0.25, 0.3) is 0 Å². The van der Waals surface area contributed by atoms with Crippen LogP contribution < -0.4 is 0 Å². The molecule has 0 aliphatic carbocycles. The summed E-state index contributed by atoms with van der Waals surface area (Å²) in [5, 5.41) is 8.77. The van der Waals surface area contributed by atoms with Crippen LogP contribution in [0.2, 0.25) is 0 Å². The van der Waals surface area contributed by atoms with Crippen molar-refractivity contribution in [2.75, 3.05) is 6.61 Å². The van der Waals surface area contributed by atoms with Crippen LogP contribution in [0.15, 0.2) is 36.5 Å². The molecule has 0 heterocycles. The topological polar surface area (TPSA) is 20.2 Å². The van der Waals surface area contributed by atoms with E-state index < -0.39 is 0 Å². The smallest absolute Gasteiger partial charge is 0.0647 e. The van der Waals surface area contributed by atoms with Crippen molar-refractivity contribution in [3.63, 3.8) is 0 Å². The molecule has 1 unspecified atom stereocenters. The zero-order valence-corrected chi connectivity index (χ0v) is 7.30. The molecule has 1 N–H and O–H groups in total. The third-order valence-electron chi connectivity index (χ3n) is 1.44. The summed E-state index contributed by atoms with van der Waals surface area (Å²) in [6.07, 6.45) is 3.82. The van der Waals surface area contributed by atoms with Gasteiger partial charge in [-0.1, -0.05) is 24.3 Å². The summed E-state index contributed by atoms with van der Waals surface area (Å²) in [7, 11) is 0. The number of allylic oxidation sites excluding steroid dienone is 3. The van der Waals surface area contributed by atoms with Crippen molar-refractivity contribution < 1.29 is 5.11 Å². The molecular weight excluding hydrogens is 136 g/mol. The molecule has 0 saturated carbocycles. The molecule has 0 aromatic heterocycles. The van der Waals surface area contributed by atoms with Crippen molar-refractivity contribution in [3.05, 3.63) is 36.5 Å². The van der Waals surface area contributed by atoms with Crippen molar-refractivity contribution in [2.24, 2.45) is 5.92 Å². The Hall–Kier alpha value is -0.820. The Balaban J connectivity index is 4.29. The molecule has 0 fully saturated rings. The Morgan fingerprint density at radius 3 is 2.36 bits per heavy atom. The Morgan fingerprint density at radius 2 is 2.09 bits per heavy atom. The maximum Gasteiger partial charge on any atom is 0.0647 e. The van der Waals surface area contributed by atoms with Crippen LogP contribution in [0.4, 0.5) is 0 Å². The number of hydrogen-bond donors (Lipinski definition) is 1. The molecule has 0 aromatic carbocycles. The van der Waals surface area contributed by atoms with E-state index in [9.17, 15) is 0 Å². The van der Waals surface area contributed by atoms with E-state index in [-0.39, 0.29) is 12.5 Å². The van der Waals surface area contributed by atoms with Gasteiger partial charge >= 0.3 is 0 Å². The molecule has 0 rings (SSSR count). The second kappa shape index (κ2) is 4.91. The lowest BCUT2D eigenvalue weighted by atomic mass is 9.99. The lowest BCUT2D eigenvalue weighted by molar-refractivity contribution is 0.324. The van der Waals surface area contributed by atoms with Gasteiger partial charge in [-0.05, 0) is 19.4 Å². The molecule has 0 saturated heterocycles. The van der Waals surface area contributed by atoms with Gasteiger partial charge in [0.1, 0.15) is 0 Å². The van der Waals surface area contributed by atoms with E-state index in [4.69, 9.17) is 5.11 Å². The van der Waals surface area contributed by atoms with E-state index in [2.05, 4.69) is 13.2 Å². The number of hydrogen-bond acceptors (Lipinski definition) is 1. The summed E-state index contributed by atoms with van der Waals surface area (Å²) in [6, 6.07) is 0. The summed E-state index contributed by atoms with van der Waals surface area (Å²) in [5.41, 5.74) is 2.01. The molecule has 1 atom stereocenters. The maximum absolute atomic E-state index is 8.77. The predicted molar refractivity (Wildman–Crippen MR) is 49.3 cm³/mol. The van der Waals surface area contributed by atoms with Gasteiger partial charge in [-0.15, -0.1) is 6.58 Å². The predicted octanol–water partition coefficient (Wildman–Crippen LogP) is 2.30. The molecule has 0 amide bonds. The molecule has 1 nitrogen and oxygen atoms in total. The summed E-state index contributed by atoms with van der Waals surface area (Å²) in [4.78, 5) is 0. The lowest BCUT2D eigenvalue weighted by Gasteiger charge is -2.08. The van der Waals surface area contributed by atoms with Gasteiger partial charge in [0.25, 0.3) is 0 Å². The summed E-state index contributed by atoms with van der Waals surface area (Å²) < 4.78 is 0. The van der Waals surface area contributed by atoms with Crippen molar-refractivity contribution in [1.29, 1.82) is 0 Å². The van der Waals surface area contributed by atoms with Crippen molar-refractivity contribution in [2.45, 2.75) is 13.8 Å². The van der Waals surface area contributed by atoms with Gasteiger partial charge < -0.3 is 5.11 Å². The van der Waals surface area contributed by atoms with Gasteiger partial charge in [-0.3, -0.25) is 0 Å². The largest absolute Gasteiger partial charge is 0.392 e. The average molecular weight is 152 g/mol. The van der Waals surface area contributed by atoms with Crippen LogP contribution in [-0.2, 0) is 0 Å². The van der Waals surface area contributed by atoms with Crippen molar-refractivity contribution in [1.82, 2.24) is 0 Å². The first-order valence-corrected chi connectivity index (χ1v) is 3.68. The molecule has 0 radical (unpaired) electrons. The van der Waals surface area contributed by atoms with Crippen LogP contribution >= 0.6 is 0 Å². The second-order valence-corrected chi connectivity index (χ2v) is 2.82. The average Bonchev–Trinajstić information content (AvgIpc) is 1.98.